The van der Waals surface area contributed by atoms with Crippen LogP contribution in [0.5, 0.6) is 0 Å². The van der Waals surface area contributed by atoms with E-state index in [0.717, 1.165) is 11.1 Å². The topological polar surface area (TPSA) is 70.0 Å². The van der Waals surface area contributed by atoms with Crippen LogP contribution in [0.2, 0.25) is 0 Å². The fraction of sp³-hybridized carbons (Fsp3) is 0.192. The number of carbonyl (C=O) groups is 2. The largest absolute Gasteiger partial charge is 0.481 e. The number of carbonyl (C=O) groups excluding carboxylic acids is 1. The lowest BCUT2D eigenvalue weighted by Gasteiger charge is -2.27. The van der Waals surface area contributed by atoms with Gasteiger partial charge in [-0.3, -0.25) is 14.5 Å². The molecule has 162 valence electrons. The second kappa shape index (κ2) is 8.75. The summed E-state index contributed by atoms with van der Waals surface area (Å²) < 4.78 is 13.6. The number of benzene rings is 3. The number of carboxylic acid groups (broad SMARTS) is 1. The van der Waals surface area contributed by atoms with Crippen molar-refractivity contribution >= 4 is 29.0 Å². The number of nitrogens with zero attached hydrogens (tertiary/aromatic N) is 2. The molecule has 6 heteroatoms. The summed E-state index contributed by atoms with van der Waals surface area (Å²) in [6, 6.07) is 20.0. The summed E-state index contributed by atoms with van der Waals surface area (Å²) in [7, 11) is 0. The van der Waals surface area contributed by atoms with Crippen molar-refractivity contribution in [1.82, 2.24) is 0 Å². The molecule has 3 aromatic carbocycles. The maximum absolute atomic E-state index is 13.6. The first-order valence-electron chi connectivity index (χ1n) is 10.4. The summed E-state index contributed by atoms with van der Waals surface area (Å²) in [4.78, 5) is 31.6. The molecule has 0 aromatic heterocycles. The summed E-state index contributed by atoms with van der Waals surface area (Å²) in [5.41, 5.74) is 4.15. The van der Waals surface area contributed by atoms with Crippen molar-refractivity contribution in [2.24, 2.45) is 10.9 Å². The molecule has 2 atom stereocenters. The molecule has 0 aliphatic carbocycles. The maximum atomic E-state index is 13.6. The molecular weight excluding hydrogens is 407 g/mol. The Labute approximate surface area is 185 Å². The molecule has 1 amide bonds. The number of amides is 1. The van der Waals surface area contributed by atoms with Gasteiger partial charge in [0, 0.05) is 11.6 Å². The summed E-state index contributed by atoms with van der Waals surface area (Å²) in [6.07, 6.45) is -0.277. The van der Waals surface area contributed by atoms with Gasteiger partial charge in [-0.05, 0) is 55.8 Å². The number of aryl methyl sites for hydroxylation is 2. The average Bonchev–Trinajstić information content (AvgIpc) is 3.02. The Morgan fingerprint density at radius 2 is 1.50 bits per heavy atom. The molecule has 0 saturated carbocycles. The van der Waals surface area contributed by atoms with Crippen LogP contribution in [0.3, 0.4) is 0 Å². The van der Waals surface area contributed by atoms with E-state index in [0.29, 0.717) is 16.9 Å². The van der Waals surface area contributed by atoms with Crippen LogP contribution in [0.15, 0.2) is 77.8 Å². The average molecular weight is 430 g/mol. The maximum Gasteiger partial charge on any atom is 0.304 e. The molecule has 1 heterocycles. The number of anilines is 1. The van der Waals surface area contributed by atoms with Gasteiger partial charge in [0.05, 0.1) is 18.2 Å². The van der Waals surface area contributed by atoms with Gasteiger partial charge in [0.15, 0.2) is 0 Å². The quantitative estimate of drug-likeness (QED) is 0.590. The number of halogens is 1. The Bertz CT molecular complexity index is 1170. The highest BCUT2D eigenvalue weighted by atomic mass is 19.1. The third-order valence-corrected chi connectivity index (χ3v) is 5.65. The molecule has 2 unspecified atom stereocenters. The second-order valence-electron chi connectivity index (χ2n) is 8.04. The normalized spacial score (nSPS) is 19.5. The summed E-state index contributed by atoms with van der Waals surface area (Å²) in [5.74, 6) is -2.48. The highest BCUT2D eigenvalue weighted by Gasteiger charge is 2.47. The van der Waals surface area contributed by atoms with Crippen LogP contribution in [0.25, 0.3) is 0 Å². The molecule has 1 N–H and O–H groups in total. The van der Waals surface area contributed by atoms with Crippen LogP contribution in [-0.4, -0.2) is 22.7 Å². The number of hydrogen-bond donors (Lipinski definition) is 1. The van der Waals surface area contributed by atoms with Crippen molar-refractivity contribution in [3.63, 3.8) is 0 Å². The van der Waals surface area contributed by atoms with Gasteiger partial charge in [-0.2, -0.15) is 0 Å². The van der Waals surface area contributed by atoms with E-state index in [4.69, 9.17) is 0 Å². The highest BCUT2D eigenvalue weighted by Crippen LogP contribution is 2.42. The van der Waals surface area contributed by atoms with E-state index < -0.39 is 23.7 Å². The van der Waals surface area contributed by atoms with Crippen LogP contribution in [0.4, 0.5) is 15.8 Å². The first kappa shape index (κ1) is 21.4. The van der Waals surface area contributed by atoms with Crippen LogP contribution < -0.4 is 4.90 Å². The summed E-state index contributed by atoms with van der Waals surface area (Å²) in [5, 5.41) is 9.64. The summed E-state index contributed by atoms with van der Waals surface area (Å²) in [6.45, 7) is 3.90. The third-order valence-electron chi connectivity index (χ3n) is 5.65. The van der Waals surface area contributed by atoms with Gasteiger partial charge in [0.2, 0.25) is 0 Å². The van der Waals surface area contributed by atoms with Crippen LogP contribution in [0, 0.1) is 25.6 Å². The zero-order valence-electron chi connectivity index (χ0n) is 17.8. The highest BCUT2D eigenvalue weighted by molar-refractivity contribution is 6.47. The number of aliphatic carboxylic acids is 1. The minimum Gasteiger partial charge on any atom is -0.481 e. The van der Waals surface area contributed by atoms with Gasteiger partial charge >= 0.3 is 5.97 Å². The fourth-order valence-electron chi connectivity index (χ4n) is 4.05. The zero-order valence-corrected chi connectivity index (χ0v) is 17.8. The Morgan fingerprint density at radius 1 is 0.938 bits per heavy atom. The first-order valence-corrected chi connectivity index (χ1v) is 10.4. The smallest absolute Gasteiger partial charge is 0.304 e. The van der Waals surface area contributed by atoms with Crippen molar-refractivity contribution in [3.05, 3.63) is 95.3 Å². The van der Waals surface area contributed by atoms with E-state index in [2.05, 4.69) is 4.99 Å². The molecule has 1 fully saturated rings. The lowest BCUT2D eigenvalue weighted by molar-refractivity contribution is -0.137. The van der Waals surface area contributed by atoms with Gasteiger partial charge in [0.1, 0.15) is 11.5 Å². The van der Waals surface area contributed by atoms with Gasteiger partial charge in [-0.15, -0.1) is 0 Å². The third kappa shape index (κ3) is 4.30. The van der Waals surface area contributed by atoms with Gasteiger partial charge in [-0.25, -0.2) is 9.38 Å². The molecule has 1 saturated heterocycles. The number of carboxylic acids is 1. The van der Waals surface area contributed by atoms with E-state index in [1.165, 1.54) is 12.1 Å². The molecule has 0 radical (unpaired) electrons. The van der Waals surface area contributed by atoms with Gasteiger partial charge in [-0.1, -0.05) is 47.5 Å². The lowest BCUT2D eigenvalue weighted by Crippen LogP contribution is -2.29. The lowest BCUT2D eigenvalue weighted by atomic mass is 9.89. The molecule has 4 rings (SSSR count). The van der Waals surface area contributed by atoms with Crippen molar-refractivity contribution in [2.45, 2.75) is 26.3 Å². The molecular formula is C26H23FN2O3. The van der Waals surface area contributed by atoms with E-state index in [9.17, 15) is 19.1 Å². The molecule has 0 spiro atoms. The fourth-order valence-corrected chi connectivity index (χ4v) is 4.05. The van der Waals surface area contributed by atoms with Crippen molar-refractivity contribution in [1.29, 1.82) is 0 Å². The molecule has 3 aromatic rings. The number of hydrogen-bond acceptors (Lipinski definition) is 3. The Kier molecular flexibility index (Phi) is 5.86. The first-order chi connectivity index (χ1) is 15.3. The van der Waals surface area contributed by atoms with E-state index in [1.807, 2.05) is 50.2 Å². The Hall–Kier alpha value is -3.80. The molecule has 5 nitrogen and oxygen atoms in total. The Balaban J connectivity index is 1.89. The minimum absolute atomic E-state index is 0.186. The number of aliphatic imine (C=N–C) groups is 1. The van der Waals surface area contributed by atoms with Gasteiger partial charge < -0.3 is 5.11 Å². The van der Waals surface area contributed by atoms with Crippen molar-refractivity contribution in [2.75, 3.05) is 4.90 Å². The standard InChI is InChI=1S/C26H23FN2O3/c1-16-3-11-20(12-4-16)28-24-22(15-23(30)31)25(18-7-9-19(27)10-8-18)29(26(24)32)21-13-5-17(2)6-14-21/h3-14,22,25H,15H2,1-2H3,(H,30,31). The summed E-state index contributed by atoms with van der Waals surface area (Å²) >= 11 is 0. The predicted octanol–water partition coefficient (Wildman–Crippen LogP) is 5.39. The molecule has 1 aliphatic heterocycles. The second-order valence-corrected chi connectivity index (χ2v) is 8.04. The molecule has 32 heavy (non-hydrogen) atoms. The predicted molar refractivity (Wildman–Crippen MR) is 122 cm³/mol. The van der Waals surface area contributed by atoms with Crippen LogP contribution in [-0.2, 0) is 9.59 Å². The van der Waals surface area contributed by atoms with Crippen molar-refractivity contribution in [3.8, 4) is 0 Å². The van der Waals surface area contributed by atoms with Crippen LogP contribution >= 0.6 is 0 Å². The monoisotopic (exact) mass is 430 g/mol. The van der Waals surface area contributed by atoms with E-state index in [1.54, 1.807) is 29.2 Å². The molecule has 0 bridgehead atoms. The Morgan fingerprint density at radius 3 is 2.06 bits per heavy atom. The van der Waals surface area contributed by atoms with Crippen molar-refractivity contribution < 1.29 is 19.1 Å². The van der Waals surface area contributed by atoms with Crippen LogP contribution in [0.1, 0.15) is 29.2 Å². The minimum atomic E-state index is -1.03. The van der Waals surface area contributed by atoms with Gasteiger partial charge in [0.25, 0.3) is 5.91 Å². The van der Waals surface area contributed by atoms with E-state index in [-0.39, 0.29) is 18.0 Å². The zero-order chi connectivity index (χ0) is 22.8. The van der Waals surface area contributed by atoms with E-state index >= 15 is 0 Å². The number of rotatable bonds is 5. The SMILES string of the molecule is Cc1ccc(N=C2C(=O)N(c3ccc(C)cc3)C(c3ccc(F)cc3)C2CC(=O)O)cc1. The molecule has 1 aliphatic rings.